The molecule has 0 aliphatic carbocycles. The predicted molar refractivity (Wildman–Crippen MR) is 102 cm³/mol. The summed E-state index contributed by atoms with van der Waals surface area (Å²) in [7, 11) is -3.02. The minimum Gasteiger partial charge on any atom is -0.454 e. The second kappa shape index (κ2) is 7.31. The third-order valence-electron chi connectivity index (χ3n) is 5.06. The summed E-state index contributed by atoms with van der Waals surface area (Å²) in [6, 6.07) is 8.64. The van der Waals surface area contributed by atoms with Crippen LogP contribution in [0.4, 0.5) is 0 Å². The highest BCUT2D eigenvalue weighted by molar-refractivity contribution is 7.91. The maximum atomic E-state index is 12.6. The SMILES string of the molecule is Cc1ccccc1C(=O)OCC(=O)c1cc(C)n([C@@H]2CCS(=O)(=O)C2)c1C. The zero-order chi connectivity index (χ0) is 19.8. The average Bonchev–Trinajstić information content (AvgIpc) is 3.11. The maximum Gasteiger partial charge on any atom is 0.338 e. The molecule has 1 aromatic heterocycles. The molecular formula is C20H23NO5S. The molecule has 144 valence electrons. The number of aromatic nitrogens is 1. The van der Waals surface area contributed by atoms with Crippen LogP contribution in [0.15, 0.2) is 30.3 Å². The first-order valence-corrected chi connectivity index (χ1v) is 10.7. The smallest absolute Gasteiger partial charge is 0.338 e. The predicted octanol–water partition coefficient (Wildman–Crippen LogP) is 2.81. The fourth-order valence-corrected chi connectivity index (χ4v) is 5.39. The fourth-order valence-electron chi connectivity index (χ4n) is 3.69. The highest BCUT2D eigenvalue weighted by atomic mass is 32.2. The normalized spacial score (nSPS) is 18.4. The van der Waals surface area contributed by atoms with Crippen LogP contribution >= 0.6 is 0 Å². The second-order valence-electron chi connectivity index (χ2n) is 7.03. The van der Waals surface area contributed by atoms with Crippen molar-refractivity contribution in [2.45, 2.75) is 33.2 Å². The molecule has 2 heterocycles. The van der Waals surface area contributed by atoms with Crippen molar-refractivity contribution in [3.63, 3.8) is 0 Å². The van der Waals surface area contributed by atoms with Crippen molar-refractivity contribution in [3.05, 3.63) is 58.4 Å². The molecule has 7 heteroatoms. The molecule has 1 aliphatic heterocycles. The van der Waals surface area contributed by atoms with Gasteiger partial charge < -0.3 is 9.30 Å². The monoisotopic (exact) mass is 389 g/mol. The van der Waals surface area contributed by atoms with Gasteiger partial charge in [0, 0.05) is 23.0 Å². The number of sulfone groups is 1. The van der Waals surface area contributed by atoms with E-state index < -0.39 is 15.8 Å². The zero-order valence-electron chi connectivity index (χ0n) is 15.7. The van der Waals surface area contributed by atoms with Crippen LogP contribution in [0.5, 0.6) is 0 Å². The maximum absolute atomic E-state index is 12.6. The van der Waals surface area contributed by atoms with Crippen molar-refractivity contribution in [2.75, 3.05) is 18.1 Å². The number of carbonyl (C=O) groups is 2. The molecule has 0 bridgehead atoms. The number of Topliss-reactive ketones (excluding diaryl/α,β-unsaturated/α-hetero) is 1. The molecule has 3 rings (SSSR count). The fraction of sp³-hybridized carbons (Fsp3) is 0.400. The van der Waals surface area contributed by atoms with Crippen molar-refractivity contribution in [1.29, 1.82) is 0 Å². The van der Waals surface area contributed by atoms with Gasteiger partial charge >= 0.3 is 5.97 Å². The number of ether oxygens (including phenoxy) is 1. The number of nitrogens with zero attached hydrogens (tertiary/aromatic N) is 1. The zero-order valence-corrected chi connectivity index (χ0v) is 16.5. The standard InChI is InChI=1S/C20H23NO5S/c1-13-6-4-5-7-17(13)20(23)26-11-19(22)18-10-14(2)21(15(18)3)16-8-9-27(24,25)12-16/h4-7,10,16H,8-9,11-12H2,1-3H3/t16-/m1/s1. The van der Waals surface area contributed by atoms with Gasteiger partial charge in [0.15, 0.2) is 16.4 Å². The number of esters is 1. The van der Waals surface area contributed by atoms with Gasteiger partial charge in [-0.05, 0) is 44.9 Å². The minimum absolute atomic E-state index is 0.0965. The molecule has 1 fully saturated rings. The third kappa shape index (κ3) is 3.98. The van der Waals surface area contributed by atoms with Crippen molar-refractivity contribution in [1.82, 2.24) is 4.57 Å². The Morgan fingerprint density at radius 1 is 1.15 bits per heavy atom. The number of aryl methyl sites for hydroxylation is 2. The topological polar surface area (TPSA) is 82.4 Å². The second-order valence-corrected chi connectivity index (χ2v) is 9.25. The van der Waals surface area contributed by atoms with E-state index in [0.29, 0.717) is 23.2 Å². The highest BCUT2D eigenvalue weighted by Gasteiger charge is 2.31. The Kier molecular flexibility index (Phi) is 5.24. The van der Waals surface area contributed by atoms with Gasteiger partial charge in [0.25, 0.3) is 0 Å². The first-order chi connectivity index (χ1) is 12.7. The molecule has 1 atom stereocenters. The molecule has 1 saturated heterocycles. The van der Waals surface area contributed by atoms with E-state index in [4.69, 9.17) is 4.74 Å². The van der Waals surface area contributed by atoms with Crippen LogP contribution in [0, 0.1) is 20.8 Å². The number of rotatable bonds is 5. The summed E-state index contributed by atoms with van der Waals surface area (Å²) in [6.45, 7) is 5.12. The van der Waals surface area contributed by atoms with E-state index in [9.17, 15) is 18.0 Å². The summed E-state index contributed by atoms with van der Waals surface area (Å²) in [4.78, 5) is 24.8. The van der Waals surface area contributed by atoms with Gasteiger partial charge in [0.2, 0.25) is 5.78 Å². The lowest BCUT2D eigenvalue weighted by atomic mass is 10.1. The van der Waals surface area contributed by atoms with Crippen LogP contribution < -0.4 is 0 Å². The van der Waals surface area contributed by atoms with E-state index >= 15 is 0 Å². The van der Waals surface area contributed by atoms with Crippen LogP contribution in [0.25, 0.3) is 0 Å². The Morgan fingerprint density at radius 2 is 1.85 bits per heavy atom. The van der Waals surface area contributed by atoms with Crippen LogP contribution in [0.1, 0.15) is 50.1 Å². The number of hydrogen-bond acceptors (Lipinski definition) is 5. The number of ketones is 1. The van der Waals surface area contributed by atoms with E-state index in [1.807, 2.05) is 30.5 Å². The van der Waals surface area contributed by atoms with Gasteiger partial charge in [0.1, 0.15) is 0 Å². The lowest BCUT2D eigenvalue weighted by molar-refractivity contribution is 0.0473. The molecule has 0 amide bonds. The van der Waals surface area contributed by atoms with Crippen molar-refractivity contribution in [3.8, 4) is 0 Å². The number of carbonyl (C=O) groups excluding carboxylic acids is 2. The van der Waals surface area contributed by atoms with Gasteiger partial charge in [-0.1, -0.05) is 18.2 Å². The Bertz CT molecular complexity index is 1000. The summed E-state index contributed by atoms with van der Waals surface area (Å²) in [6.07, 6.45) is 0.550. The van der Waals surface area contributed by atoms with E-state index in [1.54, 1.807) is 25.1 Å². The molecule has 2 aromatic rings. The Morgan fingerprint density at radius 3 is 2.48 bits per heavy atom. The Hall–Kier alpha value is -2.41. The quantitative estimate of drug-likeness (QED) is 0.580. The minimum atomic E-state index is -3.02. The lowest BCUT2D eigenvalue weighted by Crippen LogP contribution is -2.17. The molecule has 0 spiro atoms. The molecule has 1 aromatic carbocycles. The van der Waals surface area contributed by atoms with Crippen molar-refractivity contribution >= 4 is 21.6 Å². The summed E-state index contributed by atoms with van der Waals surface area (Å²) in [5.74, 6) is -0.556. The summed E-state index contributed by atoms with van der Waals surface area (Å²) < 4.78 is 30.7. The largest absolute Gasteiger partial charge is 0.454 e. The summed E-state index contributed by atoms with van der Waals surface area (Å²) in [5, 5.41) is 0. The highest BCUT2D eigenvalue weighted by Crippen LogP contribution is 2.29. The summed E-state index contributed by atoms with van der Waals surface area (Å²) in [5.41, 5.74) is 3.24. The first-order valence-electron chi connectivity index (χ1n) is 8.84. The van der Waals surface area contributed by atoms with Crippen LogP contribution in [-0.2, 0) is 14.6 Å². The molecule has 6 nitrogen and oxygen atoms in total. The van der Waals surface area contributed by atoms with Gasteiger partial charge in [0.05, 0.1) is 17.1 Å². The average molecular weight is 389 g/mol. The first kappa shape index (κ1) is 19.4. The summed E-state index contributed by atoms with van der Waals surface area (Å²) >= 11 is 0. The lowest BCUT2D eigenvalue weighted by Gasteiger charge is -2.16. The molecule has 0 saturated carbocycles. The van der Waals surface area contributed by atoms with Crippen molar-refractivity contribution < 1.29 is 22.7 Å². The van der Waals surface area contributed by atoms with Crippen molar-refractivity contribution in [2.24, 2.45) is 0 Å². The molecule has 0 radical (unpaired) electrons. The third-order valence-corrected chi connectivity index (χ3v) is 6.81. The molecule has 0 unspecified atom stereocenters. The van der Waals surface area contributed by atoms with E-state index in [2.05, 4.69) is 0 Å². The molecular weight excluding hydrogens is 366 g/mol. The van der Waals surface area contributed by atoms with Gasteiger partial charge in [-0.3, -0.25) is 4.79 Å². The molecule has 1 aliphatic rings. The Labute approximate surface area is 159 Å². The van der Waals surface area contributed by atoms with E-state index in [0.717, 1.165) is 11.3 Å². The van der Waals surface area contributed by atoms with Crippen LogP contribution in [0.3, 0.4) is 0 Å². The van der Waals surface area contributed by atoms with Crippen LogP contribution in [0.2, 0.25) is 0 Å². The Balaban J connectivity index is 1.73. The van der Waals surface area contributed by atoms with Gasteiger partial charge in [-0.25, -0.2) is 13.2 Å². The van der Waals surface area contributed by atoms with Gasteiger partial charge in [-0.15, -0.1) is 0 Å². The van der Waals surface area contributed by atoms with Gasteiger partial charge in [-0.2, -0.15) is 0 Å². The van der Waals surface area contributed by atoms with E-state index in [-0.39, 0.29) is 29.9 Å². The van der Waals surface area contributed by atoms with E-state index in [1.165, 1.54) is 0 Å². The van der Waals surface area contributed by atoms with Crippen LogP contribution in [-0.4, -0.2) is 42.9 Å². The number of benzene rings is 1. The molecule has 27 heavy (non-hydrogen) atoms. The molecule has 0 N–H and O–H groups in total. The number of hydrogen-bond donors (Lipinski definition) is 0.